The van der Waals surface area contributed by atoms with Crippen molar-refractivity contribution in [3.05, 3.63) is 83.3 Å². The van der Waals surface area contributed by atoms with E-state index < -0.39 is 15.7 Å². The van der Waals surface area contributed by atoms with E-state index in [9.17, 15) is 17.6 Å². The number of pyridine rings is 1. The fourth-order valence-corrected chi connectivity index (χ4v) is 6.45. The SMILES string of the molecule is Cc1nn(C2CCS(=O)(=O)C2)c2nc(-c3ccccc3F)cc(C(=O)NCCCc3ccccc3)c12. The molecule has 0 aliphatic carbocycles. The van der Waals surface area contributed by atoms with Crippen LogP contribution in [0.25, 0.3) is 22.3 Å². The first-order valence-electron chi connectivity index (χ1n) is 12.0. The fraction of sp³-hybridized carbons (Fsp3) is 0.296. The number of rotatable bonds is 7. The lowest BCUT2D eigenvalue weighted by molar-refractivity contribution is 0.0954. The van der Waals surface area contributed by atoms with Gasteiger partial charge < -0.3 is 5.32 Å². The molecule has 1 amide bonds. The predicted octanol–water partition coefficient (Wildman–Crippen LogP) is 4.27. The minimum absolute atomic E-state index is 0.0319. The Bertz CT molecular complexity index is 1530. The number of benzene rings is 2. The van der Waals surface area contributed by atoms with Crippen molar-refractivity contribution < 1.29 is 17.6 Å². The van der Waals surface area contributed by atoms with E-state index >= 15 is 0 Å². The van der Waals surface area contributed by atoms with Crippen LogP contribution in [-0.2, 0) is 16.3 Å². The number of aryl methyl sites for hydroxylation is 2. The highest BCUT2D eigenvalue weighted by atomic mass is 32.2. The minimum atomic E-state index is -3.16. The summed E-state index contributed by atoms with van der Waals surface area (Å²) in [6.07, 6.45) is 2.02. The summed E-state index contributed by atoms with van der Waals surface area (Å²) in [7, 11) is -3.16. The van der Waals surface area contributed by atoms with Crippen molar-refractivity contribution in [3.63, 3.8) is 0 Å². The van der Waals surface area contributed by atoms with E-state index in [-0.39, 0.29) is 29.0 Å². The average Bonchev–Trinajstić information content (AvgIpc) is 3.40. The first kappa shape index (κ1) is 24.1. The van der Waals surface area contributed by atoms with Gasteiger partial charge in [-0.1, -0.05) is 42.5 Å². The van der Waals surface area contributed by atoms with E-state index in [1.54, 1.807) is 35.9 Å². The van der Waals surface area contributed by atoms with E-state index in [0.29, 0.717) is 41.0 Å². The van der Waals surface area contributed by atoms with Crippen molar-refractivity contribution in [2.45, 2.75) is 32.2 Å². The molecule has 1 fully saturated rings. The molecule has 9 heteroatoms. The van der Waals surface area contributed by atoms with Gasteiger partial charge in [0.1, 0.15) is 5.82 Å². The molecule has 1 unspecified atom stereocenters. The number of halogens is 1. The lowest BCUT2D eigenvalue weighted by atomic mass is 10.0. The number of nitrogens with zero attached hydrogens (tertiary/aromatic N) is 3. The molecule has 186 valence electrons. The highest BCUT2D eigenvalue weighted by Gasteiger charge is 2.32. The molecule has 3 heterocycles. The van der Waals surface area contributed by atoms with Crippen LogP contribution in [0.1, 0.15) is 40.5 Å². The van der Waals surface area contributed by atoms with Crippen LogP contribution in [0.2, 0.25) is 0 Å². The Morgan fingerprint density at radius 1 is 1.14 bits per heavy atom. The van der Waals surface area contributed by atoms with E-state index in [0.717, 1.165) is 12.8 Å². The third-order valence-corrected chi connectivity index (χ3v) is 8.31. The first-order valence-corrected chi connectivity index (χ1v) is 13.8. The van der Waals surface area contributed by atoms with Gasteiger partial charge in [-0.2, -0.15) is 5.10 Å². The topological polar surface area (TPSA) is 93.9 Å². The second-order valence-electron chi connectivity index (χ2n) is 9.17. The molecule has 0 saturated carbocycles. The van der Waals surface area contributed by atoms with E-state index in [1.165, 1.54) is 11.6 Å². The Balaban J connectivity index is 1.51. The molecular weight excluding hydrogens is 479 g/mol. The largest absolute Gasteiger partial charge is 0.352 e. The molecule has 5 rings (SSSR count). The zero-order valence-electron chi connectivity index (χ0n) is 19.9. The molecule has 36 heavy (non-hydrogen) atoms. The summed E-state index contributed by atoms with van der Waals surface area (Å²) in [5.74, 6) is -0.699. The summed E-state index contributed by atoms with van der Waals surface area (Å²) in [6, 6.07) is 17.5. The van der Waals surface area contributed by atoms with Crippen molar-refractivity contribution in [2.24, 2.45) is 0 Å². The molecule has 1 aliphatic heterocycles. The van der Waals surface area contributed by atoms with Gasteiger partial charge in [0.15, 0.2) is 15.5 Å². The number of amides is 1. The Kier molecular flexibility index (Phi) is 6.57. The highest BCUT2D eigenvalue weighted by Crippen LogP contribution is 2.32. The maximum Gasteiger partial charge on any atom is 0.252 e. The second kappa shape index (κ2) is 9.81. The molecule has 2 aromatic heterocycles. The van der Waals surface area contributed by atoms with Crippen molar-refractivity contribution in [2.75, 3.05) is 18.1 Å². The molecule has 4 aromatic rings. The van der Waals surface area contributed by atoms with Gasteiger partial charge in [-0.15, -0.1) is 0 Å². The number of nitrogens with one attached hydrogen (secondary N) is 1. The van der Waals surface area contributed by atoms with Crippen molar-refractivity contribution >= 4 is 26.8 Å². The minimum Gasteiger partial charge on any atom is -0.352 e. The van der Waals surface area contributed by atoms with Gasteiger partial charge in [0.05, 0.1) is 39.9 Å². The Morgan fingerprint density at radius 2 is 1.89 bits per heavy atom. The van der Waals surface area contributed by atoms with Gasteiger partial charge in [-0.3, -0.25) is 4.79 Å². The Labute approximate surface area is 209 Å². The van der Waals surface area contributed by atoms with E-state index in [2.05, 4.69) is 27.5 Å². The highest BCUT2D eigenvalue weighted by molar-refractivity contribution is 7.91. The van der Waals surface area contributed by atoms with E-state index in [1.807, 2.05) is 18.2 Å². The lowest BCUT2D eigenvalue weighted by Gasteiger charge is -2.13. The van der Waals surface area contributed by atoms with Crippen molar-refractivity contribution in [1.82, 2.24) is 20.1 Å². The summed E-state index contributed by atoms with van der Waals surface area (Å²) < 4.78 is 40.6. The normalized spacial score (nSPS) is 16.9. The smallest absolute Gasteiger partial charge is 0.252 e. The van der Waals surface area contributed by atoms with Gasteiger partial charge in [0.25, 0.3) is 5.91 Å². The summed E-state index contributed by atoms with van der Waals surface area (Å²) in [5, 5.41) is 8.13. The van der Waals surface area contributed by atoms with Crippen LogP contribution in [0.5, 0.6) is 0 Å². The fourth-order valence-electron chi connectivity index (χ4n) is 4.76. The van der Waals surface area contributed by atoms with Crippen LogP contribution in [0, 0.1) is 12.7 Å². The number of hydrogen-bond acceptors (Lipinski definition) is 5. The van der Waals surface area contributed by atoms with Crippen LogP contribution >= 0.6 is 0 Å². The molecule has 1 saturated heterocycles. The molecule has 1 N–H and O–H groups in total. The monoisotopic (exact) mass is 506 g/mol. The van der Waals surface area contributed by atoms with Gasteiger partial charge in [0.2, 0.25) is 0 Å². The van der Waals surface area contributed by atoms with Crippen LogP contribution in [-0.4, -0.2) is 47.1 Å². The van der Waals surface area contributed by atoms with Gasteiger partial charge >= 0.3 is 0 Å². The zero-order valence-corrected chi connectivity index (χ0v) is 20.8. The second-order valence-corrected chi connectivity index (χ2v) is 11.4. The summed E-state index contributed by atoms with van der Waals surface area (Å²) in [4.78, 5) is 18.0. The van der Waals surface area contributed by atoms with Crippen LogP contribution < -0.4 is 5.32 Å². The van der Waals surface area contributed by atoms with Gasteiger partial charge in [-0.05, 0) is 49.9 Å². The standard InChI is InChI=1S/C27H27FN4O3S/c1-18-25-22(27(33)29-14-7-10-19-8-3-2-4-9-19)16-24(21-11-5-6-12-23(21)28)30-26(25)32(31-18)20-13-15-36(34,35)17-20/h2-6,8-9,11-12,16,20H,7,10,13-15,17H2,1H3,(H,29,33). The zero-order chi connectivity index (χ0) is 25.3. The van der Waals surface area contributed by atoms with Crippen LogP contribution in [0.4, 0.5) is 4.39 Å². The number of hydrogen-bond donors (Lipinski definition) is 1. The Morgan fingerprint density at radius 3 is 2.61 bits per heavy atom. The number of aromatic nitrogens is 3. The predicted molar refractivity (Wildman–Crippen MR) is 137 cm³/mol. The van der Waals surface area contributed by atoms with Gasteiger partial charge in [-0.25, -0.2) is 22.5 Å². The van der Waals surface area contributed by atoms with Crippen LogP contribution in [0.3, 0.4) is 0 Å². The summed E-state index contributed by atoms with van der Waals surface area (Å²) in [6.45, 7) is 2.25. The van der Waals surface area contributed by atoms with Gasteiger partial charge in [0, 0.05) is 12.1 Å². The summed E-state index contributed by atoms with van der Waals surface area (Å²) >= 11 is 0. The molecular formula is C27H27FN4O3S. The lowest BCUT2D eigenvalue weighted by Crippen LogP contribution is -2.25. The molecule has 1 atom stereocenters. The maximum absolute atomic E-state index is 14.7. The average molecular weight is 507 g/mol. The molecule has 0 bridgehead atoms. The molecule has 2 aromatic carbocycles. The van der Waals surface area contributed by atoms with Crippen molar-refractivity contribution in [1.29, 1.82) is 0 Å². The summed E-state index contributed by atoms with van der Waals surface area (Å²) in [5.41, 5.74) is 3.09. The first-order chi connectivity index (χ1) is 17.3. The Hall–Kier alpha value is -3.59. The van der Waals surface area contributed by atoms with Crippen LogP contribution in [0.15, 0.2) is 60.7 Å². The molecule has 7 nitrogen and oxygen atoms in total. The third kappa shape index (κ3) is 4.88. The molecule has 0 radical (unpaired) electrons. The number of carbonyl (C=O) groups is 1. The number of sulfone groups is 1. The quantitative estimate of drug-likeness (QED) is 0.378. The maximum atomic E-state index is 14.7. The molecule has 0 spiro atoms. The number of carbonyl (C=O) groups excluding carboxylic acids is 1. The molecule has 1 aliphatic rings. The van der Waals surface area contributed by atoms with E-state index in [4.69, 9.17) is 0 Å². The third-order valence-electron chi connectivity index (χ3n) is 6.56. The van der Waals surface area contributed by atoms with Crippen molar-refractivity contribution in [3.8, 4) is 11.3 Å². The number of fused-ring (bicyclic) bond motifs is 1.